The lowest BCUT2D eigenvalue weighted by Crippen LogP contribution is -2.26. The fourth-order valence-electron chi connectivity index (χ4n) is 3.36. The first kappa shape index (κ1) is 16.0. The van der Waals surface area contributed by atoms with Crippen LogP contribution >= 0.6 is 11.6 Å². The van der Waals surface area contributed by atoms with Gasteiger partial charge >= 0.3 is 0 Å². The summed E-state index contributed by atoms with van der Waals surface area (Å²) < 4.78 is 7.74. The molecule has 0 spiro atoms. The first-order chi connectivity index (χ1) is 12.1. The van der Waals surface area contributed by atoms with Crippen LogP contribution in [0.3, 0.4) is 0 Å². The molecule has 1 aliphatic heterocycles. The zero-order valence-electron chi connectivity index (χ0n) is 14.0. The number of ether oxygens (including phenoxy) is 1. The second kappa shape index (κ2) is 6.41. The summed E-state index contributed by atoms with van der Waals surface area (Å²) >= 11 is 6.23. The summed E-state index contributed by atoms with van der Waals surface area (Å²) in [4.78, 5) is 12.2. The Morgan fingerprint density at radius 3 is 2.72 bits per heavy atom. The van der Waals surface area contributed by atoms with Gasteiger partial charge in [-0.25, -0.2) is 0 Å². The monoisotopic (exact) mass is 351 g/mol. The van der Waals surface area contributed by atoms with Crippen LogP contribution in [0.2, 0.25) is 5.02 Å². The summed E-state index contributed by atoms with van der Waals surface area (Å²) in [5.41, 5.74) is 5.22. The fraction of sp³-hybridized carbons (Fsp3) is 0.190. The average molecular weight is 352 g/mol. The van der Waals surface area contributed by atoms with E-state index in [2.05, 4.69) is 6.07 Å². The van der Waals surface area contributed by atoms with Crippen LogP contribution in [0.5, 0.6) is 5.75 Å². The molecule has 3 nitrogen and oxygen atoms in total. The first-order valence-electron chi connectivity index (χ1n) is 8.33. The van der Waals surface area contributed by atoms with E-state index in [0.29, 0.717) is 18.2 Å². The quantitative estimate of drug-likeness (QED) is 0.690. The lowest BCUT2D eigenvalue weighted by Gasteiger charge is -2.24. The van der Waals surface area contributed by atoms with Gasteiger partial charge in [0.15, 0.2) is 0 Å². The van der Waals surface area contributed by atoms with Gasteiger partial charge in [-0.05, 0) is 48.2 Å². The van der Waals surface area contributed by atoms with Crippen molar-refractivity contribution in [2.75, 3.05) is 0 Å². The molecule has 0 N–H and O–H groups in total. The van der Waals surface area contributed by atoms with Gasteiger partial charge in [-0.1, -0.05) is 41.9 Å². The number of aryl methyl sites for hydroxylation is 1. The zero-order valence-corrected chi connectivity index (χ0v) is 14.7. The number of pyridine rings is 1. The summed E-state index contributed by atoms with van der Waals surface area (Å²) in [6.07, 6.45) is 0.811. The van der Waals surface area contributed by atoms with Crippen LogP contribution in [-0.4, -0.2) is 4.57 Å². The third-order valence-electron chi connectivity index (χ3n) is 4.68. The minimum absolute atomic E-state index is 0.0411. The van der Waals surface area contributed by atoms with Crippen molar-refractivity contribution in [3.8, 4) is 17.0 Å². The minimum atomic E-state index is -0.0411. The molecule has 1 aliphatic rings. The normalized spacial score (nSPS) is 12.4. The molecule has 1 aromatic heterocycles. The Labute approximate surface area is 151 Å². The van der Waals surface area contributed by atoms with E-state index in [1.54, 1.807) is 0 Å². The van der Waals surface area contributed by atoms with Gasteiger partial charge in [0.1, 0.15) is 12.4 Å². The molecule has 0 aliphatic carbocycles. The van der Waals surface area contributed by atoms with Crippen LogP contribution < -0.4 is 10.3 Å². The molecule has 126 valence electrons. The third kappa shape index (κ3) is 2.96. The number of hydrogen-bond donors (Lipinski definition) is 0. The van der Waals surface area contributed by atoms with Gasteiger partial charge in [0, 0.05) is 18.2 Å². The molecule has 0 amide bonds. The summed E-state index contributed by atoms with van der Waals surface area (Å²) in [6.45, 7) is 3.17. The minimum Gasteiger partial charge on any atom is -0.489 e. The third-order valence-corrected chi connectivity index (χ3v) is 5.08. The molecular weight excluding hydrogens is 334 g/mol. The molecule has 0 radical (unpaired) electrons. The molecule has 4 rings (SSSR count). The van der Waals surface area contributed by atoms with Crippen molar-refractivity contribution < 1.29 is 4.74 Å². The molecule has 0 unspecified atom stereocenters. The van der Waals surface area contributed by atoms with Crippen LogP contribution in [0.15, 0.2) is 59.4 Å². The molecule has 0 bridgehead atoms. The number of fused-ring (bicyclic) bond motifs is 3. The highest BCUT2D eigenvalue weighted by Gasteiger charge is 2.21. The molecule has 0 atom stereocenters. The van der Waals surface area contributed by atoms with Crippen molar-refractivity contribution in [2.24, 2.45) is 0 Å². The maximum absolute atomic E-state index is 12.2. The Bertz CT molecular complexity index is 993. The van der Waals surface area contributed by atoms with Crippen molar-refractivity contribution in [2.45, 2.75) is 26.5 Å². The molecule has 2 heterocycles. The molecule has 2 aromatic carbocycles. The SMILES string of the molecule is Cc1c(Cl)cc(=O)n2c1-c1ccc(OCc3ccccc3)cc1CC2. The molecular formula is C21H18ClNO2. The van der Waals surface area contributed by atoms with Gasteiger partial charge in [0.05, 0.1) is 10.7 Å². The molecule has 4 heteroatoms. The van der Waals surface area contributed by atoms with Crippen molar-refractivity contribution in [1.29, 1.82) is 0 Å². The van der Waals surface area contributed by atoms with Crippen LogP contribution in [-0.2, 0) is 19.6 Å². The Kier molecular flexibility index (Phi) is 4.10. The van der Waals surface area contributed by atoms with Gasteiger partial charge in [-0.3, -0.25) is 4.79 Å². The number of nitrogens with zero attached hydrogens (tertiary/aromatic N) is 1. The van der Waals surface area contributed by atoms with Crippen LogP contribution in [0.4, 0.5) is 0 Å². The van der Waals surface area contributed by atoms with Crippen molar-refractivity contribution in [3.05, 3.63) is 86.7 Å². The van der Waals surface area contributed by atoms with E-state index >= 15 is 0 Å². The predicted molar refractivity (Wildman–Crippen MR) is 100 cm³/mol. The summed E-state index contributed by atoms with van der Waals surface area (Å²) in [5, 5.41) is 0.522. The summed E-state index contributed by atoms with van der Waals surface area (Å²) in [7, 11) is 0. The Hall–Kier alpha value is -2.52. The topological polar surface area (TPSA) is 31.2 Å². The van der Waals surface area contributed by atoms with E-state index < -0.39 is 0 Å². The second-order valence-electron chi connectivity index (χ2n) is 6.30. The van der Waals surface area contributed by atoms with Crippen molar-refractivity contribution in [3.63, 3.8) is 0 Å². The van der Waals surface area contributed by atoms with Crippen LogP contribution in [0.1, 0.15) is 16.7 Å². The molecule has 0 fully saturated rings. The molecule has 3 aromatic rings. The van der Waals surface area contributed by atoms with Gasteiger partial charge in [0.2, 0.25) is 0 Å². The summed E-state index contributed by atoms with van der Waals surface area (Å²) in [6, 6.07) is 17.7. The highest BCUT2D eigenvalue weighted by atomic mass is 35.5. The highest BCUT2D eigenvalue weighted by molar-refractivity contribution is 6.31. The van der Waals surface area contributed by atoms with Crippen molar-refractivity contribution >= 4 is 11.6 Å². The number of rotatable bonds is 3. The van der Waals surface area contributed by atoms with Crippen molar-refractivity contribution in [1.82, 2.24) is 4.57 Å². The largest absolute Gasteiger partial charge is 0.489 e. The van der Waals surface area contributed by atoms with E-state index in [1.165, 1.54) is 11.6 Å². The van der Waals surface area contributed by atoms with E-state index in [9.17, 15) is 4.79 Å². The number of benzene rings is 2. The number of halogens is 1. The lowest BCUT2D eigenvalue weighted by atomic mass is 9.94. The Morgan fingerprint density at radius 2 is 1.92 bits per heavy atom. The van der Waals surface area contributed by atoms with Crippen LogP contribution in [0, 0.1) is 6.92 Å². The average Bonchev–Trinajstić information content (AvgIpc) is 2.64. The Morgan fingerprint density at radius 1 is 1.12 bits per heavy atom. The van der Waals surface area contributed by atoms with E-state index in [-0.39, 0.29) is 5.56 Å². The van der Waals surface area contributed by atoms with E-state index in [1.807, 2.05) is 54.0 Å². The smallest absolute Gasteiger partial charge is 0.252 e. The maximum atomic E-state index is 12.2. The predicted octanol–water partition coefficient (Wildman–Crippen LogP) is 4.61. The number of hydrogen-bond acceptors (Lipinski definition) is 2. The lowest BCUT2D eigenvalue weighted by molar-refractivity contribution is 0.306. The zero-order chi connectivity index (χ0) is 17.4. The second-order valence-corrected chi connectivity index (χ2v) is 6.71. The van der Waals surface area contributed by atoms with Crippen LogP contribution in [0.25, 0.3) is 11.3 Å². The van der Waals surface area contributed by atoms with E-state index in [4.69, 9.17) is 16.3 Å². The fourth-order valence-corrected chi connectivity index (χ4v) is 3.54. The maximum Gasteiger partial charge on any atom is 0.252 e. The number of aromatic nitrogens is 1. The molecule has 0 saturated carbocycles. The van der Waals surface area contributed by atoms with Gasteiger partial charge in [-0.2, -0.15) is 0 Å². The highest BCUT2D eigenvalue weighted by Crippen LogP contribution is 2.35. The first-order valence-corrected chi connectivity index (χ1v) is 8.71. The summed E-state index contributed by atoms with van der Waals surface area (Å²) in [5.74, 6) is 0.845. The standard InChI is InChI=1S/C21H18ClNO2/c1-14-19(22)12-20(24)23-10-9-16-11-17(7-8-18(16)21(14)23)25-13-15-5-3-2-4-6-15/h2-8,11-12H,9-10,13H2,1H3. The Balaban J connectivity index is 1.68. The van der Waals surface area contributed by atoms with E-state index in [0.717, 1.165) is 34.6 Å². The van der Waals surface area contributed by atoms with Gasteiger partial charge in [-0.15, -0.1) is 0 Å². The molecule has 0 saturated heterocycles. The molecule has 25 heavy (non-hydrogen) atoms. The van der Waals surface area contributed by atoms with Gasteiger partial charge < -0.3 is 9.30 Å². The van der Waals surface area contributed by atoms with Gasteiger partial charge in [0.25, 0.3) is 5.56 Å².